The molecular formula is C20H22FN3O3. The fraction of sp³-hybridized carbons (Fsp3) is 0.350. The number of oxazole rings is 1. The minimum atomic E-state index is -0.529. The summed E-state index contributed by atoms with van der Waals surface area (Å²) in [6.07, 6.45) is 4.47. The molecule has 0 saturated carbocycles. The molecule has 0 amide bonds. The first-order chi connectivity index (χ1) is 12.8. The van der Waals surface area contributed by atoms with Crippen molar-refractivity contribution in [2.75, 3.05) is 11.9 Å². The van der Waals surface area contributed by atoms with Crippen LogP contribution in [0.25, 0.3) is 10.9 Å². The zero-order valence-electron chi connectivity index (χ0n) is 15.8. The highest BCUT2D eigenvalue weighted by Crippen LogP contribution is 2.26. The van der Waals surface area contributed by atoms with E-state index in [-0.39, 0.29) is 22.7 Å². The zero-order chi connectivity index (χ0) is 19.7. The molecule has 27 heavy (non-hydrogen) atoms. The summed E-state index contributed by atoms with van der Waals surface area (Å²) in [6, 6.07) is 2.86. The summed E-state index contributed by atoms with van der Waals surface area (Å²) in [7, 11) is 1.74. The lowest BCUT2D eigenvalue weighted by molar-refractivity contribution is 0.101. The number of halogens is 1. The van der Waals surface area contributed by atoms with E-state index in [0.29, 0.717) is 30.1 Å². The average Bonchev–Trinajstić information content (AvgIpc) is 3.09. The van der Waals surface area contributed by atoms with Gasteiger partial charge in [-0.2, -0.15) is 0 Å². The topological polar surface area (TPSA) is 68.3 Å². The van der Waals surface area contributed by atoms with Gasteiger partial charge in [-0.05, 0) is 25.0 Å². The molecule has 3 rings (SSSR count). The molecule has 142 valence electrons. The molecule has 0 fully saturated rings. The summed E-state index contributed by atoms with van der Waals surface area (Å²) < 4.78 is 21.9. The molecule has 0 radical (unpaired) electrons. The van der Waals surface area contributed by atoms with E-state index in [4.69, 9.17) is 4.42 Å². The summed E-state index contributed by atoms with van der Waals surface area (Å²) in [6.45, 7) is 6.37. The molecule has 2 aromatic heterocycles. The molecule has 0 N–H and O–H groups in total. The first-order valence-electron chi connectivity index (χ1n) is 8.74. The van der Waals surface area contributed by atoms with Gasteiger partial charge in [-0.15, -0.1) is 0 Å². The van der Waals surface area contributed by atoms with Gasteiger partial charge in [0.15, 0.2) is 17.6 Å². The smallest absolute Gasteiger partial charge is 0.200 e. The Morgan fingerprint density at radius 1 is 1.37 bits per heavy atom. The normalized spacial score (nSPS) is 11.3. The highest BCUT2D eigenvalue weighted by atomic mass is 19.1. The van der Waals surface area contributed by atoms with Crippen LogP contribution in [0.2, 0.25) is 0 Å². The fourth-order valence-corrected chi connectivity index (χ4v) is 3.13. The maximum Gasteiger partial charge on any atom is 0.200 e. The van der Waals surface area contributed by atoms with Crippen LogP contribution in [-0.4, -0.2) is 22.4 Å². The van der Waals surface area contributed by atoms with Crippen LogP contribution in [0.3, 0.4) is 0 Å². The average molecular weight is 371 g/mol. The number of hydrogen-bond acceptors (Lipinski definition) is 5. The van der Waals surface area contributed by atoms with E-state index < -0.39 is 11.2 Å². The van der Waals surface area contributed by atoms with E-state index in [1.54, 1.807) is 30.4 Å². The van der Waals surface area contributed by atoms with E-state index in [1.807, 2.05) is 18.4 Å². The fourth-order valence-electron chi connectivity index (χ4n) is 3.13. The Balaban J connectivity index is 2.18. The van der Waals surface area contributed by atoms with Crippen LogP contribution >= 0.6 is 0 Å². The summed E-state index contributed by atoms with van der Waals surface area (Å²) in [4.78, 5) is 30.1. The van der Waals surface area contributed by atoms with Gasteiger partial charge in [0, 0.05) is 25.2 Å². The van der Waals surface area contributed by atoms with Gasteiger partial charge in [0.2, 0.25) is 0 Å². The highest BCUT2D eigenvalue weighted by Gasteiger charge is 2.18. The first-order valence-corrected chi connectivity index (χ1v) is 8.74. The Morgan fingerprint density at radius 2 is 2.11 bits per heavy atom. The molecule has 6 nitrogen and oxygen atoms in total. The van der Waals surface area contributed by atoms with Crippen molar-refractivity contribution in [2.24, 2.45) is 5.92 Å². The van der Waals surface area contributed by atoms with Crippen molar-refractivity contribution in [1.29, 1.82) is 0 Å². The van der Waals surface area contributed by atoms with Crippen LogP contribution < -0.4 is 10.3 Å². The standard InChI is InChI=1S/C20H22FN3O3/c1-12(2)8-24-10-16(13(3)25)20(26)15-5-17(21)19(6-18(15)24)23(4)9-14-7-22-11-27-14/h5-7,10-12H,8-9H2,1-4H3. The number of carbonyl (C=O) groups is 1. The van der Waals surface area contributed by atoms with E-state index in [9.17, 15) is 14.0 Å². The largest absolute Gasteiger partial charge is 0.447 e. The minimum Gasteiger partial charge on any atom is -0.447 e. The van der Waals surface area contributed by atoms with Crippen molar-refractivity contribution in [3.8, 4) is 0 Å². The van der Waals surface area contributed by atoms with Crippen molar-refractivity contribution >= 4 is 22.4 Å². The van der Waals surface area contributed by atoms with Crippen molar-refractivity contribution < 1.29 is 13.6 Å². The van der Waals surface area contributed by atoms with Gasteiger partial charge in [0.25, 0.3) is 0 Å². The van der Waals surface area contributed by atoms with Gasteiger partial charge in [0.1, 0.15) is 11.6 Å². The number of aromatic nitrogens is 2. The lowest BCUT2D eigenvalue weighted by Gasteiger charge is -2.21. The predicted octanol–water partition coefficient (Wildman–Crippen LogP) is 3.62. The number of carbonyl (C=O) groups excluding carboxylic acids is 1. The second-order valence-electron chi connectivity index (χ2n) is 7.12. The molecule has 0 atom stereocenters. The van der Waals surface area contributed by atoms with Crippen LogP contribution in [0.5, 0.6) is 0 Å². The molecule has 1 aromatic carbocycles. The Morgan fingerprint density at radius 3 is 2.70 bits per heavy atom. The predicted molar refractivity (Wildman–Crippen MR) is 102 cm³/mol. The molecule has 0 bridgehead atoms. The van der Waals surface area contributed by atoms with Gasteiger partial charge in [-0.3, -0.25) is 9.59 Å². The van der Waals surface area contributed by atoms with E-state index in [2.05, 4.69) is 4.98 Å². The van der Waals surface area contributed by atoms with Crippen LogP contribution in [0.1, 0.15) is 36.9 Å². The highest BCUT2D eigenvalue weighted by molar-refractivity contribution is 5.97. The minimum absolute atomic E-state index is 0.0744. The number of fused-ring (bicyclic) bond motifs is 1. The first kappa shape index (κ1) is 18.8. The van der Waals surface area contributed by atoms with E-state index in [1.165, 1.54) is 19.4 Å². The third-order valence-electron chi connectivity index (χ3n) is 4.38. The van der Waals surface area contributed by atoms with Crippen molar-refractivity contribution in [2.45, 2.75) is 33.9 Å². The molecule has 7 heteroatoms. The van der Waals surface area contributed by atoms with E-state index in [0.717, 1.165) is 0 Å². The third kappa shape index (κ3) is 3.77. The van der Waals surface area contributed by atoms with Gasteiger partial charge in [0.05, 0.1) is 29.5 Å². The Labute approximate surface area is 156 Å². The quantitative estimate of drug-likeness (QED) is 0.619. The molecule has 2 heterocycles. The number of hydrogen-bond donors (Lipinski definition) is 0. The summed E-state index contributed by atoms with van der Waals surface area (Å²) >= 11 is 0. The van der Waals surface area contributed by atoms with Gasteiger partial charge < -0.3 is 13.9 Å². The summed E-state index contributed by atoms with van der Waals surface area (Å²) in [5, 5.41) is 0.206. The molecule has 3 aromatic rings. The molecule has 0 unspecified atom stereocenters. The second kappa shape index (κ2) is 7.34. The Bertz CT molecular complexity index is 1040. The number of nitrogens with zero attached hydrogens (tertiary/aromatic N) is 3. The number of Topliss-reactive ketones (excluding diaryl/α,β-unsaturated/α-hetero) is 1. The van der Waals surface area contributed by atoms with Crippen molar-refractivity contribution in [3.63, 3.8) is 0 Å². The Hall–Kier alpha value is -2.96. The Kier molecular flexibility index (Phi) is 5.12. The molecule has 0 saturated heterocycles. The van der Waals surface area contributed by atoms with E-state index >= 15 is 0 Å². The van der Waals surface area contributed by atoms with Crippen molar-refractivity contribution in [3.05, 3.63) is 58.3 Å². The lowest BCUT2D eigenvalue weighted by Crippen LogP contribution is -2.21. The molecular weight excluding hydrogens is 349 g/mol. The maximum absolute atomic E-state index is 14.8. The maximum atomic E-state index is 14.8. The number of ketones is 1. The van der Waals surface area contributed by atoms with Crippen LogP contribution in [0, 0.1) is 11.7 Å². The zero-order valence-corrected chi connectivity index (χ0v) is 15.8. The van der Waals surface area contributed by atoms with Gasteiger partial charge in [-0.25, -0.2) is 9.37 Å². The van der Waals surface area contributed by atoms with Crippen LogP contribution in [0.4, 0.5) is 10.1 Å². The molecule has 0 aliphatic heterocycles. The molecule has 0 aliphatic carbocycles. The molecule has 0 aliphatic rings. The van der Waals surface area contributed by atoms with Crippen molar-refractivity contribution in [1.82, 2.24) is 9.55 Å². The second-order valence-corrected chi connectivity index (χ2v) is 7.12. The van der Waals surface area contributed by atoms with Gasteiger partial charge in [-0.1, -0.05) is 13.8 Å². The van der Waals surface area contributed by atoms with Crippen LogP contribution in [0.15, 0.2) is 40.1 Å². The monoisotopic (exact) mass is 371 g/mol. The number of rotatable bonds is 6. The SMILES string of the molecule is CC(=O)c1cn(CC(C)C)c2cc(N(C)Cc3cnco3)c(F)cc2c1=O. The number of benzene rings is 1. The molecule has 0 spiro atoms. The number of pyridine rings is 1. The number of anilines is 1. The summed E-state index contributed by atoms with van der Waals surface area (Å²) in [5.41, 5.74) is 0.567. The van der Waals surface area contributed by atoms with Crippen LogP contribution in [-0.2, 0) is 13.1 Å². The van der Waals surface area contributed by atoms with Gasteiger partial charge >= 0.3 is 0 Å². The third-order valence-corrected chi connectivity index (χ3v) is 4.38. The lowest BCUT2D eigenvalue weighted by atomic mass is 10.1. The summed E-state index contributed by atoms with van der Waals surface area (Å²) in [5.74, 6) is 0.0316.